The summed E-state index contributed by atoms with van der Waals surface area (Å²) in [5.41, 5.74) is 0.294. The summed E-state index contributed by atoms with van der Waals surface area (Å²) in [5.74, 6) is 0.335. The van der Waals surface area contributed by atoms with Crippen LogP contribution in [0.25, 0.3) is 0 Å². The summed E-state index contributed by atoms with van der Waals surface area (Å²) in [7, 11) is 3.63. The molecule has 0 aromatic heterocycles. The second-order valence-corrected chi connectivity index (χ2v) is 8.96. The Labute approximate surface area is 180 Å². The first-order valence-corrected chi connectivity index (χ1v) is 10.6. The van der Waals surface area contributed by atoms with E-state index < -0.39 is 35.2 Å². The number of methoxy groups -OCH3 is 1. The van der Waals surface area contributed by atoms with Crippen molar-refractivity contribution in [3.05, 3.63) is 35.1 Å². The minimum atomic E-state index is -1.06. The molecule has 2 heterocycles. The van der Waals surface area contributed by atoms with Gasteiger partial charge in [-0.05, 0) is 51.1 Å². The SMILES string of the molecule is COc1ccc2c3c1OC1C(OC(=O)C(C)OC(C)=O)=CCC4(O)C(C2)N(C)CCC314. The second-order valence-electron chi connectivity index (χ2n) is 8.96. The van der Waals surface area contributed by atoms with E-state index >= 15 is 0 Å². The summed E-state index contributed by atoms with van der Waals surface area (Å²) in [6.45, 7) is 3.50. The lowest BCUT2D eigenvalue weighted by molar-refractivity contribution is -0.175. The molecule has 31 heavy (non-hydrogen) atoms. The normalized spacial score (nSPS) is 33.5. The number of esters is 2. The lowest BCUT2D eigenvalue weighted by Crippen LogP contribution is -2.74. The molecule has 5 rings (SSSR count). The summed E-state index contributed by atoms with van der Waals surface area (Å²) in [5, 5.41) is 12.1. The molecule has 2 aliphatic heterocycles. The van der Waals surface area contributed by atoms with Gasteiger partial charge in [-0.1, -0.05) is 6.07 Å². The zero-order valence-corrected chi connectivity index (χ0v) is 18.1. The predicted octanol–water partition coefficient (Wildman–Crippen LogP) is 1.47. The molecule has 1 N–H and O–H groups in total. The molecule has 1 spiro atoms. The minimum absolute atomic E-state index is 0.0762. The first-order valence-electron chi connectivity index (χ1n) is 10.6. The maximum absolute atomic E-state index is 12.6. The number of hydrogen-bond acceptors (Lipinski definition) is 8. The number of piperidine rings is 1. The Kier molecular flexibility index (Phi) is 4.40. The van der Waals surface area contributed by atoms with Gasteiger partial charge in [0.15, 0.2) is 23.7 Å². The average Bonchev–Trinajstić information content (AvgIpc) is 3.07. The number of likely N-dealkylation sites (N-methyl/N-ethyl adjacent to an activating group) is 1. The Hall–Kier alpha value is -2.58. The van der Waals surface area contributed by atoms with Crippen molar-refractivity contribution in [3.8, 4) is 11.5 Å². The van der Waals surface area contributed by atoms with E-state index in [1.807, 2.05) is 19.2 Å². The molecule has 4 aliphatic rings. The number of likely N-dealkylation sites (tertiary alicyclic amines) is 1. The monoisotopic (exact) mass is 429 g/mol. The molecule has 1 fully saturated rings. The zero-order chi connectivity index (χ0) is 22.1. The first-order chi connectivity index (χ1) is 14.7. The molecule has 2 bridgehead atoms. The molecule has 1 saturated heterocycles. The van der Waals surface area contributed by atoms with Gasteiger partial charge >= 0.3 is 11.9 Å². The molecule has 1 aromatic carbocycles. The number of hydrogen-bond donors (Lipinski definition) is 1. The van der Waals surface area contributed by atoms with Crippen LogP contribution < -0.4 is 9.47 Å². The van der Waals surface area contributed by atoms with Crippen molar-refractivity contribution in [1.29, 1.82) is 0 Å². The number of nitrogens with zero attached hydrogens (tertiary/aromatic N) is 1. The van der Waals surface area contributed by atoms with E-state index in [-0.39, 0.29) is 6.04 Å². The third kappa shape index (κ3) is 2.55. The lowest BCUT2D eigenvalue weighted by atomic mass is 9.50. The standard InChI is InChI=1S/C23H27NO7/c1-12(29-13(2)25)21(26)30-16-7-8-23(27)17-11-14-5-6-15(28-4)19-18(14)22(23,20(16)31-19)9-10-24(17)3/h5-7,12,17,20,27H,8-11H2,1-4H3. The van der Waals surface area contributed by atoms with Crippen molar-refractivity contribution < 1.29 is 33.6 Å². The molecule has 0 amide bonds. The number of carbonyl (C=O) groups is 2. The molecule has 5 unspecified atom stereocenters. The maximum Gasteiger partial charge on any atom is 0.352 e. The fourth-order valence-electron chi connectivity index (χ4n) is 6.08. The molecule has 166 valence electrons. The van der Waals surface area contributed by atoms with E-state index in [0.717, 1.165) is 17.7 Å². The van der Waals surface area contributed by atoms with Crippen LogP contribution in [0.3, 0.4) is 0 Å². The van der Waals surface area contributed by atoms with E-state index in [9.17, 15) is 14.7 Å². The van der Waals surface area contributed by atoms with Gasteiger partial charge in [0, 0.05) is 24.9 Å². The van der Waals surface area contributed by atoms with Crippen molar-refractivity contribution in [1.82, 2.24) is 4.90 Å². The third-order valence-electron chi connectivity index (χ3n) is 7.45. The molecular formula is C23H27NO7. The molecule has 1 aromatic rings. The highest BCUT2D eigenvalue weighted by Crippen LogP contribution is 2.65. The number of ether oxygens (including phenoxy) is 4. The second kappa shape index (κ2) is 6.71. The van der Waals surface area contributed by atoms with Gasteiger partial charge in [-0.3, -0.25) is 4.79 Å². The summed E-state index contributed by atoms with van der Waals surface area (Å²) >= 11 is 0. The van der Waals surface area contributed by atoms with Gasteiger partial charge in [-0.25, -0.2) is 4.79 Å². The fraction of sp³-hybridized carbons (Fsp3) is 0.565. The molecule has 5 atom stereocenters. The van der Waals surface area contributed by atoms with Gasteiger partial charge in [0.2, 0.25) is 0 Å². The molecular weight excluding hydrogens is 402 g/mol. The molecule has 8 nitrogen and oxygen atoms in total. The van der Waals surface area contributed by atoms with Gasteiger partial charge in [0.25, 0.3) is 0 Å². The van der Waals surface area contributed by atoms with Crippen LogP contribution in [-0.2, 0) is 30.9 Å². The van der Waals surface area contributed by atoms with Gasteiger partial charge in [0.05, 0.1) is 18.1 Å². The van der Waals surface area contributed by atoms with Crippen LogP contribution >= 0.6 is 0 Å². The van der Waals surface area contributed by atoms with Gasteiger partial charge in [-0.15, -0.1) is 0 Å². The summed E-state index contributed by atoms with van der Waals surface area (Å²) < 4.78 is 22.6. The van der Waals surface area contributed by atoms with E-state index in [4.69, 9.17) is 18.9 Å². The fourth-order valence-corrected chi connectivity index (χ4v) is 6.08. The Morgan fingerprint density at radius 1 is 1.35 bits per heavy atom. The average molecular weight is 429 g/mol. The number of rotatable bonds is 4. The topological polar surface area (TPSA) is 94.5 Å². The van der Waals surface area contributed by atoms with Gasteiger partial charge < -0.3 is 29.0 Å². The molecule has 0 saturated carbocycles. The molecule has 0 radical (unpaired) electrons. The highest BCUT2D eigenvalue weighted by atomic mass is 16.6. The minimum Gasteiger partial charge on any atom is -0.493 e. The highest BCUT2D eigenvalue weighted by Gasteiger charge is 2.72. The van der Waals surface area contributed by atoms with Crippen LogP contribution in [0.5, 0.6) is 11.5 Å². The van der Waals surface area contributed by atoms with Crippen molar-refractivity contribution in [2.45, 2.75) is 62.4 Å². The summed E-state index contributed by atoms with van der Waals surface area (Å²) in [6, 6.07) is 3.86. The molecule has 8 heteroatoms. The Balaban J connectivity index is 1.61. The van der Waals surface area contributed by atoms with Crippen molar-refractivity contribution in [3.63, 3.8) is 0 Å². The van der Waals surface area contributed by atoms with Crippen LogP contribution in [0, 0.1) is 0 Å². The van der Waals surface area contributed by atoms with Crippen LogP contribution in [0.4, 0.5) is 0 Å². The summed E-state index contributed by atoms with van der Waals surface area (Å²) in [6.07, 6.45) is 1.74. The third-order valence-corrected chi connectivity index (χ3v) is 7.45. The van der Waals surface area contributed by atoms with E-state index in [0.29, 0.717) is 36.5 Å². The maximum atomic E-state index is 12.6. The number of benzene rings is 1. The summed E-state index contributed by atoms with van der Waals surface area (Å²) in [4.78, 5) is 26.0. The lowest BCUT2D eigenvalue weighted by Gasteiger charge is -2.61. The van der Waals surface area contributed by atoms with Crippen LogP contribution in [-0.4, -0.2) is 66.5 Å². The van der Waals surface area contributed by atoms with Crippen LogP contribution in [0.1, 0.15) is 37.8 Å². The van der Waals surface area contributed by atoms with Crippen LogP contribution in [0.2, 0.25) is 0 Å². The van der Waals surface area contributed by atoms with E-state index in [1.54, 1.807) is 13.2 Å². The highest BCUT2D eigenvalue weighted by molar-refractivity contribution is 5.79. The first kappa shape index (κ1) is 20.3. The Bertz CT molecular complexity index is 1000. The smallest absolute Gasteiger partial charge is 0.352 e. The number of aliphatic hydroxyl groups is 1. The van der Waals surface area contributed by atoms with E-state index in [2.05, 4.69) is 4.90 Å². The molecule has 2 aliphatic carbocycles. The Morgan fingerprint density at radius 2 is 2.13 bits per heavy atom. The van der Waals surface area contributed by atoms with Crippen molar-refractivity contribution >= 4 is 11.9 Å². The zero-order valence-electron chi connectivity index (χ0n) is 18.1. The predicted molar refractivity (Wildman–Crippen MR) is 109 cm³/mol. The largest absolute Gasteiger partial charge is 0.493 e. The van der Waals surface area contributed by atoms with Gasteiger partial charge in [-0.2, -0.15) is 0 Å². The van der Waals surface area contributed by atoms with Gasteiger partial charge in [0.1, 0.15) is 5.76 Å². The van der Waals surface area contributed by atoms with Crippen molar-refractivity contribution in [2.24, 2.45) is 0 Å². The van der Waals surface area contributed by atoms with Crippen molar-refractivity contribution in [2.75, 3.05) is 20.7 Å². The number of carbonyl (C=O) groups excluding carboxylic acids is 2. The quantitative estimate of drug-likeness (QED) is 0.719. The Morgan fingerprint density at radius 3 is 2.84 bits per heavy atom. The van der Waals surface area contributed by atoms with Crippen LogP contribution in [0.15, 0.2) is 24.0 Å². The van der Waals surface area contributed by atoms with E-state index in [1.165, 1.54) is 13.8 Å².